The molecule has 1 aromatic carbocycles. The Balaban J connectivity index is 1.68. The Morgan fingerprint density at radius 3 is 2.33 bits per heavy atom. The minimum absolute atomic E-state index is 0.0611. The molecule has 1 saturated carbocycles. The van der Waals surface area contributed by atoms with Crippen molar-refractivity contribution in [2.75, 3.05) is 13.1 Å². The van der Waals surface area contributed by atoms with E-state index >= 15 is 0 Å². The van der Waals surface area contributed by atoms with Gasteiger partial charge < -0.3 is 10.6 Å². The van der Waals surface area contributed by atoms with E-state index in [0.717, 1.165) is 12.8 Å². The standard InChI is InChI=1S/C13H15FN2O2/c14-11-5-3-10(4-6-11)13(18)16-8-7-15-12(17)9-1-2-9/h3-6,9H,1-2,7-8H2,(H,15,17)(H,16,18). The highest BCUT2D eigenvalue weighted by Crippen LogP contribution is 2.28. The van der Waals surface area contributed by atoms with Gasteiger partial charge in [0.1, 0.15) is 5.82 Å². The number of amides is 2. The third kappa shape index (κ3) is 3.55. The second kappa shape index (κ2) is 5.62. The Morgan fingerprint density at radius 2 is 1.72 bits per heavy atom. The Labute approximate surface area is 105 Å². The maximum absolute atomic E-state index is 12.6. The number of rotatable bonds is 5. The van der Waals surface area contributed by atoms with Gasteiger partial charge in [0.05, 0.1) is 0 Å². The van der Waals surface area contributed by atoms with Crippen molar-refractivity contribution in [2.45, 2.75) is 12.8 Å². The molecule has 0 bridgehead atoms. The first kappa shape index (κ1) is 12.5. The number of hydrogen-bond donors (Lipinski definition) is 2. The monoisotopic (exact) mass is 250 g/mol. The predicted octanol–water partition coefficient (Wildman–Crippen LogP) is 1.08. The molecule has 4 nitrogen and oxygen atoms in total. The second-order valence-electron chi connectivity index (χ2n) is 4.33. The molecule has 1 aromatic rings. The van der Waals surface area contributed by atoms with Crippen LogP contribution in [0.25, 0.3) is 0 Å². The first-order chi connectivity index (χ1) is 8.66. The Kier molecular flexibility index (Phi) is 3.92. The SMILES string of the molecule is O=C(NCCNC(=O)C1CC1)c1ccc(F)cc1. The average molecular weight is 250 g/mol. The zero-order chi connectivity index (χ0) is 13.0. The van der Waals surface area contributed by atoms with Gasteiger partial charge in [-0.15, -0.1) is 0 Å². The van der Waals surface area contributed by atoms with Crippen LogP contribution in [0.5, 0.6) is 0 Å². The van der Waals surface area contributed by atoms with Gasteiger partial charge in [-0.1, -0.05) is 0 Å². The van der Waals surface area contributed by atoms with E-state index in [1.807, 2.05) is 0 Å². The van der Waals surface area contributed by atoms with E-state index in [1.165, 1.54) is 24.3 Å². The fourth-order valence-corrected chi connectivity index (χ4v) is 1.55. The van der Waals surface area contributed by atoms with Crippen LogP contribution in [-0.2, 0) is 4.79 Å². The summed E-state index contributed by atoms with van der Waals surface area (Å²) in [5.74, 6) is -0.400. The molecule has 2 amide bonds. The van der Waals surface area contributed by atoms with Crippen molar-refractivity contribution in [2.24, 2.45) is 5.92 Å². The summed E-state index contributed by atoms with van der Waals surface area (Å²) in [4.78, 5) is 22.9. The first-order valence-corrected chi connectivity index (χ1v) is 5.98. The number of hydrogen-bond acceptors (Lipinski definition) is 2. The van der Waals surface area contributed by atoms with Gasteiger partial charge in [0, 0.05) is 24.6 Å². The van der Waals surface area contributed by atoms with Crippen LogP contribution in [-0.4, -0.2) is 24.9 Å². The maximum atomic E-state index is 12.6. The van der Waals surface area contributed by atoms with E-state index in [4.69, 9.17) is 0 Å². The van der Waals surface area contributed by atoms with Gasteiger partial charge in [-0.2, -0.15) is 0 Å². The van der Waals surface area contributed by atoms with Gasteiger partial charge in [0.25, 0.3) is 5.91 Å². The van der Waals surface area contributed by atoms with Crippen molar-refractivity contribution in [1.82, 2.24) is 10.6 Å². The molecule has 0 heterocycles. The Hall–Kier alpha value is -1.91. The molecule has 2 rings (SSSR count). The summed E-state index contributed by atoms with van der Waals surface area (Å²) in [6, 6.07) is 5.33. The molecule has 0 spiro atoms. The summed E-state index contributed by atoms with van der Waals surface area (Å²) >= 11 is 0. The normalized spacial score (nSPS) is 14.1. The second-order valence-corrected chi connectivity index (χ2v) is 4.33. The van der Waals surface area contributed by atoms with Gasteiger partial charge in [0.2, 0.25) is 5.91 Å². The topological polar surface area (TPSA) is 58.2 Å². The molecule has 0 atom stereocenters. The van der Waals surface area contributed by atoms with Gasteiger partial charge in [-0.25, -0.2) is 4.39 Å². The van der Waals surface area contributed by atoms with Crippen LogP contribution in [0, 0.1) is 11.7 Å². The minimum atomic E-state index is -0.372. The van der Waals surface area contributed by atoms with E-state index < -0.39 is 0 Å². The van der Waals surface area contributed by atoms with Gasteiger partial charge >= 0.3 is 0 Å². The van der Waals surface area contributed by atoms with Gasteiger partial charge in [-0.05, 0) is 37.1 Å². The molecule has 1 aliphatic carbocycles. The number of benzene rings is 1. The van der Waals surface area contributed by atoms with Gasteiger partial charge in [0.15, 0.2) is 0 Å². The predicted molar refractivity (Wildman–Crippen MR) is 64.5 cm³/mol. The van der Waals surface area contributed by atoms with E-state index in [9.17, 15) is 14.0 Å². The molecule has 0 saturated heterocycles. The Bertz CT molecular complexity index is 441. The Morgan fingerprint density at radius 1 is 1.11 bits per heavy atom. The van der Waals surface area contributed by atoms with Crippen molar-refractivity contribution in [3.63, 3.8) is 0 Å². The number of halogens is 1. The molecule has 0 radical (unpaired) electrons. The summed E-state index contributed by atoms with van der Waals surface area (Å²) in [6.07, 6.45) is 1.93. The summed E-state index contributed by atoms with van der Waals surface area (Å²) in [7, 11) is 0. The summed E-state index contributed by atoms with van der Waals surface area (Å²) in [5, 5.41) is 5.40. The highest BCUT2D eigenvalue weighted by molar-refractivity contribution is 5.94. The van der Waals surface area contributed by atoms with Crippen LogP contribution in [0.2, 0.25) is 0 Å². The van der Waals surface area contributed by atoms with E-state index in [0.29, 0.717) is 18.7 Å². The molecular formula is C13H15FN2O2. The maximum Gasteiger partial charge on any atom is 0.251 e. The fourth-order valence-electron chi connectivity index (χ4n) is 1.55. The summed E-state index contributed by atoms with van der Waals surface area (Å²) in [5.41, 5.74) is 0.407. The number of nitrogens with one attached hydrogen (secondary N) is 2. The van der Waals surface area contributed by atoms with E-state index in [2.05, 4.69) is 10.6 Å². The molecule has 96 valence electrons. The third-order valence-electron chi connectivity index (χ3n) is 2.76. The lowest BCUT2D eigenvalue weighted by molar-refractivity contribution is -0.122. The number of carbonyl (C=O) groups excluding carboxylic acids is 2. The van der Waals surface area contributed by atoms with E-state index in [1.54, 1.807) is 0 Å². The molecular weight excluding hydrogens is 235 g/mol. The van der Waals surface area contributed by atoms with Crippen molar-refractivity contribution in [1.29, 1.82) is 0 Å². The van der Waals surface area contributed by atoms with Crippen LogP contribution in [0.3, 0.4) is 0 Å². The molecule has 0 aromatic heterocycles. The lowest BCUT2D eigenvalue weighted by Crippen LogP contribution is -2.35. The largest absolute Gasteiger partial charge is 0.354 e. The van der Waals surface area contributed by atoms with Crippen LogP contribution in [0.1, 0.15) is 23.2 Å². The molecule has 5 heteroatoms. The van der Waals surface area contributed by atoms with Crippen molar-refractivity contribution >= 4 is 11.8 Å². The number of carbonyl (C=O) groups is 2. The molecule has 18 heavy (non-hydrogen) atoms. The molecule has 1 aliphatic rings. The summed E-state index contributed by atoms with van der Waals surface area (Å²) < 4.78 is 12.6. The molecule has 0 unspecified atom stereocenters. The summed E-state index contributed by atoms with van der Waals surface area (Å²) in [6.45, 7) is 0.789. The van der Waals surface area contributed by atoms with Gasteiger partial charge in [-0.3, -0.25) is 9.59 Å². The highest BCUT2D eigenvalue weighted by atomic mass is 19.1. The minimum Gasteiger partial charge on any atom is -0.354 e. The third-order valence-corrected chi connectivity index (χ3v) is 2.76. The van der Waals surface area contributed by atoms with E-state index in [-0.39, 0.29) is 23.5 Å². The van der Waals surface area contributed by atoms with Crippen molar-refractivity contribution in [3.05, 3.63) is 35.6 Å². The van der Waals surface area contributed by atoms with Crippen molar-refractivity contribution < 1.29 is 14.0 Å². The van der Waals surface area contributed by atoms with Crippen LogP contribution in [0.4, 0.5) is 4.39 Å². The van der Waals surface area contributed by atoms with Crippen LogP contribution in [0.15, 0.2) is 24.3 Å². The zero-order valence-electron chi connectivity index (χ0n) is 9.91. The zero-order valence-corrected chi connectivity index (χ0v) is 9.91. The molecule has 0 aliphatic heterocycles. The lowest BCUT2D eigenvalue weighted by atomic mass is 10.2. The van der Waals surface area contributed by atoms with Crippen LogP contribution < -0.4 is 10.6 Å². The quantitative estimate of drug-likeness (QED) is 0.768. The van der Waals surface area contributed by atoms with Crippen molar-refractivity contribution in [3.8, 4) is 0 Å². The lowest BCUT2D eigenvalue weighted by Gasteiger charge is -2.06. The first-order valence-electron chi connectivity index (χ1n) is 5.98. The smallest absolute Gasteiger partial charge is 0.251 e. The fraction of sp³-hybridized carbons (Fsp3) is 0.385. The van der Waals surface area contributed by atoms with Crippen LogP contribution >= 0.6 is 0 Å². The average Bonchev–Trinajstić information content (AvgIpc) is 3.19. The highest BCUT2D eigenvalue weighted by Gasteiger charge is 2.28. The molecule has 2 N–H and O–H groups in total. The molecule has 1 fully saturated rings.